The molecule has 6 nitrogen and oxygen atoms in total. The number of nitrogens with zero attached hydrogens (tertiary/aromatic N) is 3. The van der Waals surface area contributed by atoms with Gasteiger partial charge < -0.3 is 4.74 Å². The van der Waals surface area contributed by atoms with Crippen molar-refractivity contribution < 1.29 is 9.53 Å². The van der Waals surface area contributed by atoms with Gasteiger partial charge in [-0.05, 0) is 55.2 Å². The van der Waals surface area contributed by atoms with Crippen molar-refractivity contribution in [1.29, 1.82) is 0 Å². The normalized spacial score (nSPS) is 14.5. The summed E-state index contributed by atoms with van der Waals surface area (Å²) in [5, 5.41) is 0. The molecule has 0 radical (unpaired) electrons. The molecule has 1 saturated heterocycles. The van der Waals surface area contributed by atoms with E-state index >= 15 is 0 Å². The molecule has 1 amide bonds. The molecule has 218 valence electrons. The van der Waals surface area contributed by atoms with Crippen LogP contribution in [-0.2, 0) is 11.2 Å². The van der Waals surface area contributed by atoms with Gasteiger partial charge in [0.15, 0.2) is 0 Å². The van der Waals surface area contributed by atoms with Crippen molar-refractivity contribution in [2.24, 2.45) is 0 Å². The van der Waals surface area contributed by atoms with Crippen molar-refractivity contribution in [3.05, 3.63) is 74.5 Å². The lowest BCUT2D eigenvalue weighted by atomic mass is 10.1. The van der Waals surface area contributed by atoms with E-state index in [4.69, 9.17) is 21.9 Å². The van der Waals surface area contributed by atoms with Gasteiger partial charge in [0.2, 0.25) is 5.88 Å². The molecule has 0 unspecified atom stereocenters. The lowest BCUT2D eigenvalue weighted by Crippen LogP contribution is -2.29. The molecule has 0 N–H and O–H groups in total. The van der Waals surface area contributed by atoms with Gasteiger partial charge in [-0.2, -0.15) is 4.98 Å². The number of rotatable bonds is 15. The number of thiocarbonyl (C=S) groups is 1. The second-order valence-corrected chi connectivity index (χ2v) is 12.3. The van der Waals surface area contributed by atoms with E-state index in [1.165, 1.54) is 73.1 Å². The van der Waals surface area contributed by atoms with Crippen LogP contribution in [0.25, 0.3) is 11.7 Å². The average molecular weight is 592 g/mol. The Morgan fingerprint density at radius 1 is 0.927 bits per heavy atom. The third-order valence-corrected chi connectivity index (χ3v) is 8.86. The molecule has 1 fully saturated rings. The van der Waals surface area contributed by atoms with Gasteiger partial charge >= 0.3 is 0 Å². The largest absolute Gasteiger partial charge is 0.438 e. The molecule has 1 aliphatic heterocycles. The maximum absolute atomic E-state index is 13.7. The molecule has 1 aromatic carbocycles. The summed E-state index contributed by atoms with van der Waals surface area (Å²) in [5.74, 6) is 0.589. The average Bonchev–Trinajstić information content (AvgIpc) is 3.24. The van der Waals surface area contributed by atoms with Crippen molar-refractivity contribution in [2.45, 2.75) is 91.4 Å². The van der Waals surface area contributed by atoms with Gasteiger partial charge in [-0.15, -0.1) is 0 Å². The van der Waals surface area contributed by atoms with Crippen molar-refractivity contribution in [1.82, 2.24) is 14.3 Å². The van der Waals surface area contributed by atoms with E-state index < -0.39 is 0 Å². The molecule has 3 heterocycles. The molecule has 0 aliphatic carbocycles. The summed E-state index contributed by atoms with van der Waals surface area (Å²) >= 11 is 6.80. The Hall–Kier alpha value is -2.97. The maximum Gasteiger partial charge on any atom is 0.269 e. The van der Waals surface area contributed by atoms with Crippen molar-refractivity contribution >= 4 is 45.9 Å². The molecular weight excluding hydrogens is 551 g/mol. The predicted molar refractivity (Wildman–Crippen MR) is 174 cm³/mol. The van der Waals surface area contributed by atoms with E-state index in [1.54, 1.807) is 17.2 Å². The first-order valence-electron chi connectivity index (χ1n) is 15.0. The maximum atomic E-state index is 13.7. The zero-order valence-corrected chi connectivity index (χ0v) is 26.1. The van der Waals surface area contributed by atoms with Crippen LogP contribution in [0.3, 0.4) is 0 Å². The van der Waals surface area contributed by atoms with Crippen LogP contribution in [-0.4, -0.2) is 31.1 Å². The Balaban J connectivity index is 1.47. The minimum absolute atomic E-state index is 0.164. The summed E-state index contributed by atoms with van der Waals surface area (Å²) in [6.07, 6.45) is 16.5. The number of carbonyl (C=O) groups excluding carboxylic acids is 1. The highest BCUT2D eigenvalue weighted by Crippen LogP contribution is 2.34. The van der Waals surface area contributed by atoms with Gasteiger partial charge in [0.1, 0.15) is 21.3 Å². The van der Waals surface area contributed by atoms with Crippen molar-refractivity contribution in [3.8, 4) is 11.6 Å². The van der Waals surface area contributed by atoms with E-state index in [9.17, 15) is 9.59 Å². The number of benzene rings is 1. The minimum atomic E-state index is -0.293. The number of fused-ring (bicyclic) bond motifs is 1. The van der Waals surface area contributed by atoms with Gasteiger partial charge in [0.05, 0.1) is 4.91 Å². The Morgan fingerprint density at radius 2 is 1.59 bits per heavy atom. The molecular formula is C33H41N3O3S2. The van der Waals surface area contributed by atoms with E-state index in [0.717, 1.165) is 24.8 Å². The highest BCUT2D eigenvalue weighted by Gasteiger charge is 2.32. The first kappa shape index (κ1) is 31.0. The monoisotopic (exact) mass is 591 g/mol. The van der Waals surface area contributed by atoms with Crippen molar-refractivity contribution in [2.75, 3.05) is 6.54 Å². The van der Waals surface area contributed by atoms with Gasteiger partial charge in [-0.1, -0.05) is 114 Å². The van der Waals surface area contributed by atoms with Crippen LogP contribution in [0.4, 0.5) is 0 Å². The summed E-state index contributed by atoms with van der Waals surface area (Å²) in [5.41, 5.74) is 2.49. The number of thioether (sulfide) groups is 1. The zero-order chi connectivity index (χ0) is 29.2. The van der Waals surface area contributed by atoms with Crippen LogP contribution < -0.4 is 10.3 Å². The molecule has 0 spiro atoms. The number of hydrogen-bond donors (Lipinski definition) is 0. The SMILES string of the molecule is CCCCCCCCCCCCN1C(=O)/C(=C\c2c(Oc3ccc(CC)cc3)nc3c(C)cccn3c2=O)SC1=S. The zero-order valence-electron chi connectivity index (χ0n) is 24.5. The molecule has 4 rings (SSSR count). The number of pyridine rings is 1. The van der Waals surface area contributed by atoms with Crippen LogP contribution >= 0.6 is 24.0 Å². The van der Waals surface area contributed by atoms with Crippen LogP contribution in [0.2, 0.25) is 0 Å². The Kier molecular flexibility index (Phi) is 11.6. The Bertz CT molecular complexity index is 1450. The summed E-state index contributed by atoms with van der Waals surface area (Å²) in [4.78, 5) is 33.8. The molecule has 2 aromatic heterocycles. The van der Waals surface area contributed by atoms with Crippen molar-refractivity contribution in [3.63, 3.8) is 0 Å². The third-order valence-electron chi connectivity index (χ3n) is 7.48. The topological polar surface area (TPSA) is 63.9 Å². The lowest BCUT2D eigenvalue weighted by molar-refractivity contribution is -0.122. The summed E-state index contributed by atoms with van der Waals surface area (Å²) < 4.78 is 8.18. The minimum Gasteiger partial charge on any atom is -0.438 e. The molecule has 0 atom stereocenters. The van der Waals surface area contributed by atoms with Crippen LogP contribution in [0.15, 0.2) is 52.3 Å². The quantitative estimate of drug-likeness (QED) is 0.100. The number of aromatic nitrogens is 2. The van der Waals surface area contributed by atoms with Crippen LogP contribution in [0.1, 0.15) is 94.7 Å². The fourth-order valence-electron chi connectivity index (χ4n) is 4.98. The number of hydrogen-bond acceptors (Lipinski definition) is 6. The first-order chi connectivity index (χ1) is 19.9. The first-order valence-corrected chi connectivity index (χ1v) is 16.2. The van der Waals surface area contributed by atoms with E-state index in [2.05, 4.69) is 13.8 Å². The number of amides is 1. The Labute approximate surface area is 253 Å². The number of ether oxygens (including phenoxy) is 1. The highest BCUT2D eigenvalue weighted by molar-refractivity contribution is 8.26. The van der Waals surface area contributed by atoms with Gasteiger partial charge in [-0.3, -0.25) is 18.9 Å². The molecule has 0 saturated carbocycles. The second-order valence-electron chi connectivity index (χ2n) is 10.6. The smallest absolute Gasteiger partial charge is 0.269 e. The fourth-order valence-corrected chi connectivity index (χ4v) is 6.27. The molecule has 8 heteroatoms. The van der Waals surface area contributed by atoms with Crippen LogP contribution in [0, 0.1) is 6.92 Å². The lowest BCUT2D eigenvalue weighted by Gasteiger charge is -2.14. The molecule has 41 heavy (non-hydrogen) atoms. The molecule has 0 bridgehead atoms. The summed E-state index contributed by atoms with van der Waals surface area (Å²) in [6.45, 7) is 6.84. The second kappa shape index (κ2) is 15.3. The third kappa shape index (κ3) is 8.07. The summed E-state index contributed by atoms with van der Waals surface area (Å²) in [7, 11) is 0. The molecule has 1 aliphatic rings. The number of unbranched alkanes of at least 4 members (excludes halogenated alkanes) is 9. The van der Waals surface area contributed by atoms with Gasteiger partial charge in [0.25, 0.3) is 11.5 Å². The summed E-state index contributed by atoms with van der Waals surface area (Å²) in [6, 6.07) is 11.4. The number of carbonyl (C=O) groups is 1. The highest BCUT2D eigenvalue weighted by atomic mass is 32.2. The fraction of sp³-hybridized carbons (Fsp3) is 0.455. The van der Waals surface area contributed by atoms with E-state index in [1.807, 2.05) is 43.3 Å². The van der Waals surface area contributed by atoms with Crippen LogP contribution in [0.5, 0.6) is 11.6 Å². The molecule has 3 aromatic rings. The Morgan fingerprint density at radius 3 is 2.24 bits per heavy atom. The standard InChI is InChI=1S/C33H41N3O3S2/c1-4-6-7-8-9-10-11-12-13-14-21-36-32(38)28(41-33(36)40)23-27-30(39-26-19-17-25(5-2)18-20-26)34-29-24(3)16-15-22-35(29)31(27)37/h15-20,22-23H,4-14,21H2,1-3H3/b28-23+. The van der Waals surface area contributed by atoms with Gasteiger partial charge in [-0.25, -0.2) is 0 Å². The predicted octanol–water partition coefficient (Wildman–Crippen LogP) is 8.48. The van der Waals surface area contributed by atoms with E-state index in [-0.39, 0.29) is 22.9 Å². The number of aryl methyl sites for hydroxylation is 2. The van der Waals surface area contributed by atoms with Gasteiger partial charge in [0, 0.05) is 12.7 Å². The van der Waals surface area contributed by atoms with E-state index in [0.29, 0.717) is 27.2 Å².